The molecule has 30 heavy (non-hydrogen) atoms. The molecule has 0 unspecified atom stereocenters. The largest absolute Gasteiger partial charge is 0.396 e. The minimum absolute atomic E-state index is 0.0239. The quantitative estimate of drug-likeness (QED) is 0.378. The van der Waals surface area contributed by atoms with E-state index in [0.717, 1.165) is 19.0 Å². The number of aromatic amines is 1. The van der Waals surface area contributed by atoms with Crippen molar-refractivity contribution in [2.75, 3.05) is 5.32 Å². The number of anilines is 1. The number of benzene rings is 1. The number of hydrogen-bond acceptors (Lipinski definition) is 5. The molecular weight excluding hydrogens is 390 g/mol. The zero-order valence-electron chi connectivity index (χ0n) is 16.2. The van der Waals surface area contributed by atoms with E-state index in [0.29, 0.717) is 11.8 Å². The Bertz CT molecular complexity index is 1150. The molecule has 0 bridgehead atoms. The molecule has 2 heterocycles. The number of pyridine rings is 1. The number of nitrogens with one attached hydrogen (secondary N) is 2. The Morgan fingerprint density at radius 1 is 1.13 bits per heavy atom. The van der Waals surface area contributed by atoms with Crippen molar-refractivity contribution in [2.24, 2.45) is 16.5 Å². The molecule has 1 fully saturated rings. The molecular formula is C20H20F2N8. The third kappa shape index (κ3) is 3.84. The Kier molecular flexibility index (Phi) is 4.90. The molecule has 10 heteroatoms. The molecule has 0 atom stereocenters. The van der Waals surface area contributed by atoms with Gasteiger partial charge in [-0.05, 0) is 31.0 Å². The molecule has 0 spiro atoms. The van der Waals surface area contributed by atoms with Gasteiger partial charge < -0.3 is 11.5 Å². The van der Waals surface area contributed by atoms with Crippen molar-refractivity contribution in [3.8, 4) is 0 Å². The summed E-state index contributed by atoms with van der Waals surface area (Å²) >= 11 is 0. The minimum atomic E-state index is -0.664. The Morgan fingerprint density at radius 2 is 1.90 bits per heavy atom. The maximum Gasteiger partial charge on any atom is 0.225 e. The second-order valence-electron chi connectivity index (χ2n) is 7.29. The van der Waals surface area contributed by atoms with Gasteiger partial charge in [0.05, 0.1) is 11.9 Å². The standard InChI is InChI=1S/C20H20F2N8/c1-20(7-8-20)17-27-19(30-29-17)28-18(24)26-16(12-4-2-3-5-13(12)21)15(23)11-6-9-25-10-14(11)22/h2-6,9-10H,7-8,23H2,1H3,(H4,24,26,27,28,29,30)/b16-15-. The van der Waals surface area contributed by atoms with Gasteiger partial charge >= 0.3 is 0 Å². The summed E-state index contributed by atoms with van der Waals surface area (Å²) in [6.07, 6.45) is 4.43. The van der Waals surface area contributed by atoms with Crippen molar-refractivity contribution in [1.82, 2.24) is 20.2 Å². The van der Waals surface area contributed by atoms with Gasteiger partial charge in [-0.3, -0.25) is 10.3 Å². The van der Waals surface area contributed by atoms with Crippen LogP contribution in [-0.2, 0) is 5.41 Å². The number of halogens is 2. The van der Waals surface area contributed by atoms with Crippen molar-refractivity contribution >= 4 is 23.3 Å². The van der Waals surface area contributed by atoms with Crippen LogP contribution in [-0.4, -0.2) is 26.1 Å². The highest BCUT2D eigenvalue weighted by atomic mass is 19.1. The lowest BCUT2D eigenvalue weighted by atomic mass is 10.1. The summed E-state index contributed by atoms with van der Waals surface area (Å²) in [7, 11) is 0. The molecule has 6 N–H and O–H groups in total. The number of rotatable bonds is 5. The Hall–Kier alpha value is -3.82. The first-order chi connectivity index (χ1) is 14.4. The number of hydrogen-bond donors (Lipinski definition) is 4. The lowest BCUT2D eigenvalue weighted by molar-refractivity contribution is 0.616. The van der Waals surface area contributed by atoms with Gasteiger partial charge in [0.15, 0.2) is 11.6 Å². The van der Waals surface area contributed by atoms with Crippen LogP contribution in [0.5, 0.6) is 0 Å². The van der Waals surface area contributed by atoms with E-state index in [2.05, 4.69) is 37.4 Å². The smallest absolute Gasteiger partial charge is 0.225 e. The summed E-state index contributed by atoms with van der Waals surface area (Å²) in [6, 6.07) is 7.26. The van der Waals surface area contributed by atoms with Gasteiger partial charge in [0.1, 0.15) is 11.5 Å². The Morgan fingerprint density at radius 3 is 2.60 bits per heavy atom. The van der Waals surface area contributed by atoms with E-state index >= 15 is 0 Å². The number of aromatic nitrogens is 4. The van der Waals surface area contributed by atoms with Gasteiger partial charge in [-0.2, -0.15) is 10.1 Å². The summed E-state index contributed by atoms with van der Waals surface area (Å²) in [4.78, 5) is 12.3. The van der Waals surface area contributed by atoms with Crippen LogP contribution in [0.1, 0.15) is 36.7 Å². The van der Waals surface area contributed by atoms with E-state index < -0.39 is 11.6 Å². The molecule has 0 aliphatic heterocycles. The summed E-state index contributed by atoms with van der Waals surface area (Å²) in [6.45, 7) is 2.07. The molecule has 2 aromatic heterocycles. The second kappa shape index (κ2) is 7.54. The van der Waals surface area contributed by atoms with Gasteiger partial charge in [0.2, 0.25) is 11.9 Å². The molecule has 1 aliphatic carbocycles. The predicted molar refractivity (Wildman–Crippen MR) is 110 cm³/mol. The number of H-pyrrole nitrogens is 1. The number of nitrogens with zero attached hydrogens (tertiary/aromatic N) is 4. The summed E-state index contributed by atoms with van der Waals surface area (Å²) in [5, 5.41) is 9.72. The summed E-state index contributed by atoms with van der Waals surface area (Å²) in [5.74, 6) is -0.385. The minimum Gasteiger partial charge on any atom is -0.396 e. The van der Waals surface area contributed by atoms with Crippen LogP contribution in [0.4, 0.5) is 14.7 Å². The average molecular weight is 410 g/mol. The van der Waals surface area contributed by atoms with Crippen LogP contribution in [0, 0.1) is 11.6 Å². The molecule has 8 nitrogen and oxygen atoms in total. The van der Waals surface area contributed by atoms with Gasteiger partial charge in [0, 0.05) is 22.7 Å². The molecule has 1 saturated carbocycles. The van der Waals surface area contributed by atoms with Crippen molar-refractivity contribution in [2.45, 2.75) is 25.2 Å². The monoisotopic (exact) mass is 410 g/mol. The van der Waals surface area contributed by atoms with Crippen LogP contribution in [0.15, 0.2) is 47.7 Å². The first-order valence-corrected chi connectivity index (χ1v) is 9.26. The maximum absolute atomic E-state index is 14.5. The van der Waals surface area contributed by atoms with Gasteiger partial charge in [-0.1, -0.05) is 19.1 Å². The molecule has 1 aliphatic rings. The number of nitrogens with two attached hydrogens (primary N) is 2. The highest BCUT2D eigenvalue weighted by Crippen LogP contribution is 2.45. The average Bonchev–Trinajstić information content (AvgIpc) is 3.30. The van der Waals surface area contributed by atoms with Crippen molar-refractivity contribution in [3.05, 3.63) is 71.3 Å². The molecule has 0 saturated heterocycles. The highest BCUT2D eigenvalue weighted by Gasteiger charge is 2.42. The SMILES string of the molecule is CC1(c2n[nH]c(N/C(N)=N/C(=C(\N)c3ccncc3F)c3ccccc3F)n2)CC1. The summed E-state index contributed by atoms with van der Waals surface area (Å²) in [5.41, 5.74) is 12.1. The lowest BCUT2D eigenvalue weighted by Gasteiger charge is -2.11. The molecule has 0 radical (unpaired) electrons. The van der Waals surface area contributed by atoms with Crippen LogP contribution in [0.3, 0.4) is 0 Å². The van der Waals surface area contributed by atoms with Crippen LogP contribution in [0.2, 0.25) is 0 Å². The fourth-order valence-corrected chi connectivity index (χ4v) is 2.91. The predicted octanol–water partition coefficient (Wildman–Crippen LogP) is 2.74. The van der Waals surface area contributed by atoms with E-state index in [9.17, 15) is 8.78 Å². The zero-order valence-corrected chi connectivity index (χ0v) is 16.2. The molecule has 154 valence electrons. The van der Waals surface area contributed by atoms with Gasteiger partial charge in [0.25, 0.3) is 0 Å². The van der Waals surface area contributed by atoms with E-state index in [1.54, 1.807) is 6.07 Å². The fraction of sp³-hybridized carbons (Fsp3) is 0.200. The van der Waals surface area contributed by atoms with Crippen LogP contribution >= 0.6 is 0 Å². The second-order valence-corrected chi connectivity index (χ2v) is 7.29. The van der Waals surface area contributed by atoms with Crippen LogP contribution in [0.25, 0.3) is 11.4 Å². The molecule has 0 amide bonds. The maximum atomic E-state index is 14.5. The lowest BCUT2D eigenvalue weighted by Crippen LogP contribution is -2.23. The Labute approximate surface area is 171 Å². The number of aliphatic imine (C=N–C) groups is 1. The Balaban J connectivity index is 1.72. The van der Waals surface area contributed by atoms with Crippen LogP contribution < -0.4 is 16.8 Å². The van der Waals surface area contributed by atoms with Crippen molar-refractivity contribution in [3.63, 3.8) is 0 Å². The fourth-order valence-electron chi connectivity index (χ4n) is 2.91. The first-order valence-electron chi connectivity index (χ1n) is 9.26. The normalized spacial score (nSPS) is 16.2. The summed E-state index contributed by atoms with van der Waals surface area (Å²) < 4.78 is 28.7. The topological polar surface area (TPSA) is 131 Å². The highest BCUT2D eigenvalue weighted by molar-refractivity contribution is 5.99. The number of guanidine groups is 1. The molecule has 3 aromatic rings. The van der Waals surface area contributed by atoms with E-state index in [4.69, 9.17) is 11.5 Å². The van der Waals surface area contributed by atoms with Crippen molar-refractivity contribution < 1.29 is 8.78 Å². The third-order valence-corrected chi connectivity index (χ3v) is 4.95. The van der Waals surface area contributed by atoms with Gasteiger partial charge in [-0.25, -0.2) is 18.9 Å². The molecule has 4 rings (SSSR count). The van der Waals surface area contributed by atoms with E-state index in [1.165, 1.54) is 30.5 Å². The van der Waals surface area contributed by atoms with E-state index in [1.807, 2.05) is 0 Å². The first kappa shape index (κ1) is 19.5. The van der Waals surface area contributed by atoms with Gasteiger partial charge in [-0.15, -0.1) is 0 Å². The zero-order chi connectivity index (χ0) is 21.3. The van der Waals surface area contributed by atoms with Crippen molar-refractivity contribution in [1.29, 1.82) is 0 Å². The third-order valence-electron chi connectivity index (χ3n) is 4.95. The van der Waals surface area contributed by atoms with E-state index in [-0.39, 0.29) is 33.9 Å². The molecule has 1 aromatic carbocycles.